The van der Waals surface area contributed by atoms with Gasteiger partial charge in [-0.1, -0.05) is 41.4 Å². The highest BCUT2D eigenvalue weighted by molar-refractivity contribution is 6.30. The summed E-state index contributed by atoms with van der Waals surface area (Å²) < 4.78 is 20.1. The Bertz CT molecular complexity index is 1260. The van der Waals surface area contributed by atoms with Crippen LogP contribution in [0.5, 0.6) is 5.75 Å². The van der Waals surface area contributed by atoms with E-state index in [1.54, 1.807) is 36.4 Å². The Morgan fingerprint density at radius 2 is 1.77 bits per heavy atom. The van der Waals surface area contributed by atoms with E-state index in [9.17, 15) is 14.0 Å². The van der Waals surface area contributed by atoms with Crippen LogP contribution in [-0.4, -0.2) is 34.0 Å². The zero-order valence-electron chi connectivity index (χ0n) is 19.1. The van der Waals surface area contributed by atoms with Crippen LogP contribution in [0.1, 0.15) is 40.4 Å². The molecule has 1 unspecified atom stereocenters. The molecule has 0 saturated heterocycles. The highest BCUT2D eigenvalue weighted by atomic mass is 35.5. The monoisotopic (exact) mass is 515 g/mol. The summed E-state index contributed by atoms with van der Waals surface area (Å²) in [5, 5.41) is 9.81. The summed E-state index contributed by atoms with van der Waals surface area (Å²) in [6, 6.07) is 17.0. The molecule has 1 N–H and O–H groups in total. The van der Waals surface area contributed by atoms with Gasteiger partial charge in [-0.2, -0.15) is 0 Å². The van der Waals surface area contributed by atoms with Gasteiger partial charge in [-0.05, 0) is 66.1 Å². The van der Waals surface area contributed by atoms with E-state index in [0.717, 1.165) is 16.7 Å². The predicted molar refractivity (Wildman–Crippen MR) is 133 cm³/mol. The molecule has 3 aromatic carbocycles. The molecule has 35 heavy (non-hydrogen) atoms. The molecule has 1 atom stereocenters. The number of carbonyl (C=O) groups is 2. The van der Waals surface area contributed by atoms with Gasteiger partial charge in [0.15, 0.2) is 0 Å². The first-order valence-electron chi connectivity index (χ1n) is 11.1. The molecule has 1 heterocycles. The standard InChI is InChI=1S/C27H24Cl2FNO4/c1-27(14-18-4-8-22(29)23(30)12-18)15-20-13-19(5-9-24(20)35-27)26(34)31(11-10-25(32)33)16-17-2-6-21(28)7-3-17/h2-9,12-13H,10-11,14-16H2,1H3,(H,32,33). The Morgan fingerprint density at radius 3 is 2.46 bits per heavy atom. The summed E-state index contributed by atoms with van der Waals surface area (Å²) >= 11 is 11.8. The fraction of sp³-hybridized carbons (Fsp3) is 0.259. The Balaban J connectivity index is 1.52. The molecule has 0 radical (unpaired) electrons. The van der Waals surface area contributed by atoms with Crippen LogP contribution in [0.15, 0.2) is 60.7 Å². The largest absolute Gasteiger partial charge is 0.487 e. The number of hydrogen-bond donors (Lipinski definition) is 1. The molecule has 0 bridgehead atoms. The van der Waals surface area contributed by atoms with Gasteiger partial charge >= 0.3 is 5.97 Å². The number of rotatable bonds is 8. The SMILES string of the molecule is CC1(Cc2ccc(Cl)c(F)c2)Cc2cc(C(=O)N(CCC(=O)O)Cc3ccc(Cl)cc3)ccc2O1. The highest BCUT2D eigenvalue weighted by Crippen LogP contribution is 2.38. The number of amides is 1. The Kier molecular flexibility index (Phi) is 7.33. The summed E-state index contributed by atoms with van der Waals surface area (Å²) in [5.41, 5.74) is 2.34. The second-order valence-corrected chi connectivity index (χ2v) is 9.82. The number of hydrogen-bond acceptors (Lipinski definition) is 3. The van der Waals surface area contributed by atoms with Gasteiger partial charge in [-0.3, -0.25) is 9.59 Å². The van der Waals surface area contributed by atoms with E-state index >= 15 is 0 Å². The Morgan fingerprint density at radius 1 is 1.06 bits per heavy atom. The van der Waals surface area contributed by atoms with Gasteiger partial charge < -0.3 is 14.7 Å². The van der Waals surface area contributed by atoms with Crippen LogP contribution in [0.4, 0.5) is 4.39 Å². The zero-order chi connectivity index (χ0) is 25.2. The van der Waals surface area contributed by atoms with E-state index in [1.807, 2.05) is 19.1 Å². The lowest BCUT2D eigenvalue weighted by Gasteiger charge is -2.24. The minimum Gasteiger partial charge on any atom is -0.487 e. The van der Waals surface area contributed by atoms with Crippen molar-refractivity contribution in [3.63, 3.8) is 0 Å². The van der Waals surface area contributed by atoms with Crippen LogP contribution in [0.2, 0.25) is 10.0 Å². The molecule has 1 amide bonds. The zero-order valence-corrected chi connectivity index (χ0v) is 20.6. The summed E-state index contributed by atoms with van der Waals surface area (Å²) in [6.07, 6.45) is 0.851. The molecular weight excluding hydrogens is 492 g/mol. The molecule has 182 valence electrons. The number of carboxylic acid groups (broad SMARTS) is 1. The van der Waals surface area contributed by atoms with Crippen molar-refractivity contribution in [3.8, 4) is 5.75 Å². The average Bonchev–Trinajstić information content (AvgIpc) is 3.14. The van der Waals surface area contributed by atoms with Gasteiger partial charge in [0.2, 0.25) is 0 Å². The van der Waals surface area contributed by atoms with Crippen LogP contribution in [-0.2, 0) is 24.2 Å². The third kappa shape index (κ3) is 6.13. The number of halogens is 3. The van der Waals surface area contributed by atoms with Crippen molar-refractivity contribution in [1.29, 1.82) is 0 Å². The maximum Gasteiger partial charge on any atom is 0.305 e. The van der Waals surface area contributed by atoms with Gasteiger partial charge in [0.05, 0.1) is 11.4 Å². The molecule has 0 fully saturated rings. The van der Waals surface area contributed by atoms with Gasteiger partial charge in [-0.25, -0.2) is 4.39 Å². The summed E-state index contributed by atoms with van der Waals surface area (Å²) in [6.45, 7) is 2.28. The van der Waals surface area contributed by atoms with Gasteiger partial charge in [0, 0.05) is 36.5 Å². The van der Waals surface area contributed by atoms with Gasteiger partial charge in [0.1, 0.15) is 17.2 Å². The first-order valence-corrected chi connectivity index (χ1v) is 11.9. The molecule has 0 aliphatic carbocycles. The van der Waals surface area contributed by atoms with E-state index < -0.39 is 17.4 Å². The van der Waals surface area contributed by atoms with Crippen LogP contribution in [0.3, 0.4) is 0 Å². The maximum absolute atomic E-state index is 13.9. The predicted octanol–water partition coefficient (Wildman–Crippen LogP) is 6.19. The van der Waals surface area contributed by atoms with Crippen molar-refractivity contribution in [2.75, 3.05) is 6.54 Å². The topological polar surface area (TPSA) is 66.8 Å². The molecule has 1 aliphatic rings. The normalized spacial score (nSPS) is 16.5. The number of ether oxygens (including phenoxy) is 1. The summed E-state index contributed by atoms with van der Waals surface area (Å²) in [5.74, 6) is -1.04. The summed E-state index contributed by atoms with van der Waals surface area (Å²) in [7, 11) is 0. The minimum absolute atomic E-state index is 0.0729. The summed E-state index contributed by atoms with van der Waals surface area (Å²) in [4.78, 5) is 26.1. The molecule has 0 saturated carbocycles. The van der Waals surface area contributed by atoms with Crippen molar-refractivity contribution in [3.05, 3.63) is 98.8 Å². The molecular formula is C27H24Cl2FNO4. The first kappa shape index (κ1) is 25.0. The van der Waals surface area contributed by atoms with Crippen molar-refractivity contribution in [1.82, 2.24) is 4.90 Å². The van der Waals surface area contributed by atoms with E-state index in [-0.39, 0.29) is 30.4 Å². The fourth-order valence-corrected chi connectivity index (χ4v) is 4.55. The molecule has 0 aromatic heterocycles. The van der Waals surface area contributed by atoms with Gasteiger partial charge in [-0.15, -0.1) is 0 Å². The first-order chi connectivity index (χ1) is 16.6. The lowest BCUT2D eigenvalue weighted by Crippen LogP contribution is -2.33. The van der Waals surface area contributed by atoms with Crippen molar-refractivity contribution >= 4 is 35.1 Å². The van der Waals surface area contributed by atoms with Crippen LogP contribution in [0.25, 0.3) is 0 Å². The van der Waals surface area contributed by atoms with E-state index in [1.165, 1.54) is 17.0 Å². The average molecular weight is 516 g/mol. The smallest absolute Gasteiger partial charge is 0.305 e. The number of carbonyl (C=O) groups excluding carboxylic acids is 1. The van der Waals surface area contributed by atoms with Crippen LogP contribution in [0, 0.1) is 5.82 Å². The van der Waals surface area contributed by atoms with E-state index in [4.69, 9.17) is 33.0 Å². The van der Waals surface area contributed by atoms with Crippen molar-refractivity contribution in [2.24, 2.45) is 0 Å². The van der Waals surface area contributed by atoms with Crippen LogP contribution < -0.4 is 4.74 Å². The van der Waals surface area contributed by atoms with Crippen molar-refractivity contribution < 1.29 is 23.8 Å². The van der Waals surface area contributed by atoms with Crippen LogP contribution >= 0.6 is 23.2 Å². The fourth-order valence-electron chi connectivity index (χ4n) is 4.31. The van der Waals surface area contributed by atoms with Crippen molar-refractivity contribution in [2.45, 2.75) is 38.3 Å². The van der Waals surface area contributed by atoms with Gasteiger partial charge in [0.25, 0.3) is 5.91 Å². The quantitative estimate of drug-likeness (QED) is 0.388. The Hall–Kier alpha value is -3.09. The second kappa shape index (κ2) is 10.3. The second-order valence-electron chi connectivity index (χ2n) is 8.97. The number of benzene rings is 3. The third-order valence-electron chi connectivity index (χ3n) is 5.96. The lowest BCUT2D eigenvalue weighted by molar-refractivity contribution is -0.137. The van der Waals surface area contributed by atoms with E-state index in [0.29, 0.717) is 29.2 Å². The molecule has 3 aromatic rings. The molecule has 8 heteroatoms. The molecule has 4 rings (SSSR count). The number of carboxylic acids is 1. The highest BCUT2D eigenvalue weighted by Gasteiger charge is 2.35. The lowest BCUT2D eigenvalue weighted by atomic mass is 9.91. The molecule has 0 spiro atoms. The minimum atomic E-state index is -0.976. The number of nitrogens with zero attached hydrogens (tertiary/aromatic N) is 1. The third-order valence-corrected chi connectivity index (χ3v) is 6.52. The van der Waals surface area contributed by atoms with E-state index in [2.05, 4.69) is 0 Å². The number of aliphatic carboxylic acids is 1. The maximum atomic E-state index is 13.9. The Labute approximate surface area is 213 Å². The molecule has 5 nitrogen and oxygen atoms in total. The molecule has 1 aliphatic heterocycles. The number of fused-ring (bicyclic) bond motifs is 1.